The van der Waals surface area contributed by atoms with E-state index in [-0.39, 0.29) is 0 Å². The van der Waals surface area contributed by atoms with Crippen LogP contribution < -0.4 is 10.6 Å². The maximum Gasteiger partial charge on any atom is 0.0414 e. The van der Waals surface area contributed by atoms with E-state index in [9.17, 15) is 0 Å². The highest BCUT2D eigenvalue weighted by Crippen LogP contribution is 2.29. The number of nitrogens with two attached hydrogens (primary N) is 1. The van der Waals surface area contributed by atoms with Gasteiger partial charge in [-0.05, 0) is 30.0 Å². The van der Waals surface area contributed by atoms with Crippen LogP contribution in [0, 0.1) is 12.8 Å². The Hall–Kier alpha value is -1.02. The lowest BCUT2D eigenvalue weighted by molar-refractivity contribution is 0.446. The molecule has 2 N–H and O–H groups in total. The lowest BCUT2D eigenvalue weighted by Crippen LogP contribution is -2.45. The molecule has 0 amide bonds. The van der Waals surface area contributed by atoms with Crippen molar-refractivity contribution >= 4 is 5.69 Å². The average molecular weight is 190 g/mol. The van der Waals surface area contributed by atoms with E-state index in [1.807, 2.05) is 0 Å². The molecule has 0 radical (unpaired) electrons. The van der Waals surface area contributed by atoms with Crippen LogP contribution in [0.4, 0.5) is 5.69 Å². The van der Waals surface area contributed by atoms with E-state index in [2.05, 4.69) is 36.9 Å². The largest absolute Gasteiger partial charge is 0.371 e. The second-order valence-corrected chi connectivity index (χ2v) is 4.29. The third-order valence-corrected chi connectivity index (χ3v) is 2.99. The molecule has 76 valence electrons. The minimum absolute atomic E-state index is 0.646. The quantitative estimate of drug-likeness (QED) is 0.772. The second kappa shape index (κ2) is 3.62. The predicted octanol–water partition coefficient (Wildman–Crippen LogP) is 1.91. The number of benzene rings is 1. The van der Waals surface area contributed by atoms with Crippen LogP contribution in [0.2, 0.25) is 0 Å². The fourth-order valence-electron chi connectivity index (χ4n) is 2.14. The van der Waals surface area contributed by atoms with Gasteiger partial charge in [0.2, 0.25) is 0 Å². The van der Waals surface area contributed by atoms with Gasteiger partial charge in [0.15, 0.2) is 0 Å². The van der Waals surface area contributed by atoms with Crippen molar-refractivity contribution in [2.24, 2.45) is 11.7 Å². The summed E-state index contributed by atoms with van der Waals surface area (Å²) in [5.74, 6) is 0.834. The molecular weight excluding hydrogens is 172 g/mol. The number of hydrogen-bond acceptors (Lipinski definition) is 2. The molecule has 0 atom stereocenters. The summed E-state index contributed by atoms with van der Waals surface area (Å²) in [5, 5.41) is 0. The van der Waals surface area contributed by atoms with Crippen LogP contribution in [-0.2, 0) is 6.54 Å². The third-order valence-electron chi connectivity index (χ3n) is 2.99. The molecule has 0 aromatic heterocycles. The van der Waals surface area contributed by atoms with Gasteiger partial charge in [-0.1, -0.05) is 19.1 Å². The van der Waals surface area contributed by atoms with E-state index >= 15 is 0 Å². The van der Waals surface area contributed by atoms with E-state index in [0.717, 1.165) is 5.92 Å². The molecule has 0 saturated carbocycles. The predicted molar refractivity (Wildman–Crippen MR) is 60.4 cm³/mol. The highest BCUT2D eigenvalue weighted by atomic mass is 15.2. The first-order chi connectivity index (χ1) is 6.72. The molecule has 2 heteroatoms. The zero-order valence-electron chi connectivity index (χ0n) is 8.96. The lowest BCUT2D eigenvalue weighted by atomic mass is 9.98. The number of aryl methyl sites for hydroxylation is 1. The number of rotatable bonds is 2. The maximum absolute atomic E-state index is 5.78. The van der Waals surface area contributed by atoms with E-state index in [0.29, 0.717) is 6.54 Å². The Labute approximate surface area is 85.7 Å². The van der Waals surface area contributed by atoms with Crippen molar-refractivity contribution in [3.8, 4) is 0 Å². The normalized spacial score (nSPS) is 16.9. The maximum atomic E-state index is 5.78. The molecule has 1 aromatic rings. The molecule has 14 heavy (non-hydrogen) atoms. The van der Waals surface area contributed by atoms with Crippen LogP contribution >= 0.6 is 0 Å². The van der Waals surface area contributed by atoms with Crippen molar-refractivity contribution < 1.29 is 0 Å². The van der Waals surface area contributed by atoms with Gasteiger partial charge in [0, 0.05) is 25.3 Å². The Kier molecular flexibility index (Phi) is 2.46. The summed E-state index contributed by atoms with van der Waals surface area (Å²) in [7, 11) is 0. The summed E-state index contributed by atoms with van der Waals surface area (Å²) in [6.45, 7) is 7.42. The van der Waals surface area contributed by atoms with Gasteiger partial charge in [-0.25, -0.2) is 0 Å². The zero-order chi connectivity index (χ0) is 10.1. The average Bonchev–Trinajstić information content (AvgIpc) is 2.13. The Balaban J connectivity index is 2.28. The summed E-state index contributed by atoms with van der Waals surface area (Å²) in [5.41, 5.74) is 9.73. The fourth-order valence-corrected chi connectivity index (χ4v) is 2.14. The van der Waals surface area contributed by atoms with Gasteiger partial charge in [-0.15, -0.1) is 0 Å². The third kappa shape index (κ3) is 1.50. The van der Waals surface area contributed by atoms with E-state index in [1.54, 1.807) is 0 Å². The van der Waals surface area contributed by atoms with Gasteiger partial charge in [-0.2, -0.15) is 0 Å². The van der Waals surface area contributed by atoms with Crippen molar-refractivity contribution in [3.05, 3.63) is 29.3 Å². The molecule has 1 aliphatic rings. The first-order valence-electron chi connectivity index (χ1n) is 5.26. The molecule has 1 fully saturated rings. The van der Waals surface area contributed by atoms with Crippen LogP contribution in [0.15, 0.2) is 18.2 Å². The van der Waals surface area contributed by atoms with Gasteiger partial charge in [0.1, 0.15) is 0 Å². The molecule has 0 bridgehead atoms. The van der Waals surface area contributed by atoms with Crippen molar-refractivity contribution in [1.82, 2.24) is 0 Å². The molecule has 1 aliphatic heterocycles. The summed E-state index contributed by atoms with van der Waals surface area (Å²) < 4.78 is 0. The molecule has 2 rings (SSSR count). The van der Waals surface area contributed by atoms with Gasteiger partial charge in [-0.3, -0.25) is 0 Å². The van der Waals surface area contributed by atoms with Gasteiger partial charge in [0.25, 0.3) is 0 Å². The Bertz CT molecular complexity index is 327. The molecule has 1 saturated heterocycles. The molecular formula is C12H18N2. The summed E-state index contributed by atoms with van der Waals surface area (Å²) >= 11 is 0. The fraction of sp³-hybridized carbons (Fsp3) is 0.500. The standard InChI is InChI=1S/C12H18N2/c1-9-7-14(8-9)12-5-3-4-10(2)11(12)6-13/h3-5,9H,6-8,13H2,1-2H3. The molecule has 0 unspecified atom stereocenters. The van der Waals surface area contributed by atoms with Crippen molar-refractivity contribution in [2.75, 3.05) is 18.0 Å². The molecule has 0 aliphatic carbocycles. The van der Waals surface area contributed by atoms with Crippen molar-refractivity contribution in [3.63, 3.8) is 0 Å². The minimum atomic E-state index is 0.646. The first-order valence-corrected chi connectivity index (χ1v) is 5.26. The number of nitrogens with zero attached hydrogens (tertiary/aromatic N) is 1. The second-order valence-electron chi connectivity index (χ2n) is 4.29. The summed E-state index contributed by atoms with van der Waals surface area (Å²) in [6, 6.07) is 6.43. The zero-order valence-corrected chi connectivity index (χ0v) is 8.96. The Morgan fingerprint density at radius 1 is 1.43 bits per heavy atom. The van der Waals surface area contributed by atoms with Crippen LogP contribution in [0.1, 0.15) is 18.1 Å². The monoisotopic (exact) mass is 190 g/mol. The Morgan fingerprint density at radius 2 is 2.14 bits per heavy atom. The van der Waals surface area contributed by atoms with Crippen LogP contribution in [0.3, 0.4) is 0 Å². The number of hydrogen-bond donors (Lipinski definition) is 1. The van der Waals surface area contributed by atoms with Crippen LogP contribution in [-0.4, -0.2) is 13.1 Å². The first kappa shape index (κ1) is 9.53. The topological polar surface area (TPSA) is 29.3 Å². The highest BCUT2D eigenvalue weighted by molar-refractivity contribution is 5.58. The number of anilines is 1. The van der Waals surface area contributed by atoms with Crippen LogP contribution in [0.25, 0.3) is 0 Å². The summed E-state index contributed by atoms with van der Waals surface area (Å²) in [6.07, 6.45) is 0. The van der Waals surface area contributed by atoms with Crippen molar-refractivity contribution in [2.45, 2.75) is 20.4 Å². The van der Waals surface area contributed by atoms with E-state index in [1.165, 1.54) is 29.9 Å². The smallest absolute Gasteiger partial charge is 0.0414 e. The minimum Gasteiger partial charge on any atom is -0.371 e. The van der Waals surface area contributed by atoms with Gasteiger partial charge in [0.05, 0.1) is 0 Å². The van der Waals surface area contributed by atoms with Gasteiger partial charge >= 0.3 is 0 Å². The Morgan fingerprint density at radius 3 is 2.71 bits per heavy atom. The van der Waals surface area contributed by atoms with E-state index in [4.69, 9.17) is 5.73 Å². The molecule has 2 nitrogen and oxygen atoms in total. The molecule has 1 aromatic carbocycles. The van der Waals surface area contributed by atoms with Crippen molar-refractivity contribution in [1.29, 1.82) is 0 Å². The highest BCUT2D eigenvalue weighted by Gasteiger charge is 2.24. The summed E-state index contributed by atoms with van der Waals surface area (Å²) in [4.78, 5) is 2.42. The van der Waals surface area contributed by atoms with E-state index < -0.39 is 0 Å². The molecule has 0 spiro atoms. The van der Waals surface area contributed by atoms with Crippen LogP contribution in [0.5, 0.6) is 0 Å². The van der Waals surface area contributed by atoms with Gasteiger partial charge < -0.3 is 10.6 Å². The lowest BCUT2D eigenvalue weighted by Gasteiger charge is -2.40. The SMILES string of the molecule is Cc1cccc(N2CC(C)C2)c1CN. The molecule has 1 heterocycles.